The lowest BCUT2D eigenvalue weighted by molar-refractivity contribution is 0.949. The van der Waals surface area contributed by atoms with Crippen molar-refractivity contribution < 1.29 is 0 Å². The fourth-order valence-electron chi connectivity index (χ4n) is 2.09. The molecular weight excluding hydrogens is 368 g/mol. The summed E-state index contributed by atoms with van der Waals surface area (Å²) in [5.41, 5.74) is 7.87. The van der Waals surface area contributed by atoms with E-state index in [2.05, 4.69) is 42.7 Å². The first kappa shape index (κ1) is 18.3. The molecule has 3 aromatic rings. The molecule has 4 N–H and O–H groups in total. The van der Waals surface area contributed by atoms with Gasteiger partial charge in [-0.3, -0.25) is 0 Å². The summed E-state index contributed by atoms with van der Waals surface area (Å²) in [6, 6.07) is 7.92. The van der Waals surface area contributed by atoms with Crippen molar-refractivity contribution in [3.63, 3.8) is 0 Å². The van der Waals surface area contributed by atoms with E-state index in [-0.39, 0.29) is 5.95 Å². The molecule has 2 aromatic heterocycles. The second-order valence-corrected chi connectivity index (χ2v) is 7.66. The average molecular weight is 389 g/mol. The quantitative estimate of drug-likeness (QED) is 0.499. The lowest BCUT2D eigenvalue weighted by atomic mass is 10.2. The van der Waals surface area contributed by atoms with E-state index in [1.54, 1.807) is 0 Å². The summed E-state index contributed by atoms with van der Waals surface area (Å²) in [4.78, 5) is 12.8. The molecule has 3 rings (SSSR count). The van der Waals surface area contributed by atoms with E-state index in [1.165, 1.54) is 23.1 Å². The Labute approximate surface area is 160 Å². The summed E-state index contributed by atoms with van der Waals surface area (Å²) in [5.74, 6) is 1.76. The van der Waals surface area contributed by atoms with Crippen LogP contribution in [0.15, 0.2) is 28.6 Å². The van der Waals surface area contributed by atoms with E-state index in [0.717, 1.165) is 33.7 Å². The zero-order valence-electron chi connectivity index (χ0n) is 14.6. The molecule has 0 aliphatic carbocycles. The van der Waals surface area contributed by atoms with Gasteiger partial charge in [-0.05, 0) is 25.0 Å². The van der Waals surface area contributed by atoms with Gasteiger partial charge in [0.25, 0.3) is 0 Å². The summed E-state index contributed by atoms with van der Waals surface area (Å²) in [5, 5.41) is 15.5. The second-order valence-electron chi connectivity index (χ2n) is 5.46. The van der Waals surface area contributed by atoms with Crippen LogP contribution < -0.4 is 16.4 Å². The molecule has 2 heterocycles. The van der Waals surface area contributed by atoms with Gasteiger partial charge in [-0.1, -0.05) is 48.2 Å². The third kappa shape index (κ3) is 5.02. The first-order valence-corrected chi connectivity index (χ1v) is 9.97. The van der Waals surface area contributed by atoms with E-state index >= 15 is 0 Å². The number of rotatable bonds is 8. The molecule has 26 heavy (non-hydrogen) atoms. The Morgan fingerprint density at radius 1 is 1.15 bits per heavy atom. The first-order chi connectivity index (χ1) is 12.6. The summed E-state index contributed by atoms with van der Waals surface area (Å²) >= 11 is 3.04. The van der Waals surface area contributed by atoms with E-state index < -0.39 is 0 Å². The Morgan fingerprint density at radius 3 is 2.81 bits per heavy atom. The minimum Gasteiger partial charge on any atom is -0.368 e. The molecule has 0 aliphatic heterocycles. The normalized spacial score (nSPS) is 10.7. The number of hydrogen-bond acceptors (Lipinski definition) is 10. The highest BCUT2D eigenvalue weighted by molar-refractivity contribution is 8.00. The van der Waals surface area contributed by atoms with Gasteiger partial charge in [0.15, 0.2) is 4.34 Å². The topological polar surface area (TPSA) is 115 Å². The largest absolute Gasteiger partial charge is 0.368 e. The average Bonchev–Trinajstić information content (AvgIpc) is 3.08. The van der Waals surface area contributed by atoms with Gasteiger partial charge < -0.3 is 16.4 Å². The monoisotopic (exact) mass is 388 g/mol. The predicted octanol–water partition coefficient (Wildman–Crippen LogP) is 3.47. The third-order valence-corrected chi connectivity index (χ3v) is 5.36. The number of aromatic nitrogens is 5. The van der Waals surface area contributed by atoms with Crippen LogP contribution >= 0.6 is 23.1 Å². The summed E-state index contributed by atoms with van der Waals surface area (Å²) in [7, 11) is 0. The Kier molecular flexibility index (Phi) is 6.18. The Bertz CT molecular complexity index is 867. The maximum Gasteiger partial charge on any atom is 0.232 e. The molecule has 8 nitrogen and oxygen atoms in total. The van der Waals surface area contributed by atoms with Gasteiger partial charge in [0.05, 0.1) is 5.75 Å². The van der Waals surface area contributed by atoms with Crippen molar-refractivity contribution in [2.24, 2.45) is 0 Å². The zero-order chi connectivity index (χ0) is 18.4. The van der Waals surface area contributed by atoms with E-state index in [0.29, 0.717) is 17.5 Å². The van der Waals surface area contributed by atoms with Crippen molar-refractivity contribution in [2.45, 2.75) is 30.4 Å². The zero-order valence-corrected chi connectivity index (χ0v) is 16.2. The summed E-state index contributed by atoms with van der Waals surface area (Å²) < 4.78 is 0.857. The van der Waals surface area contributed by atoms with E-state index in [1.807, 2.05) is 31.2 Å². The highest BCUT2D eigenvalue weighted by Gasteiger charge is 2.09. The maximum atomic E-state index is 5.83. The number of aryl methyl sites for hydroxylation is 1. The second kappa shape index (κ2) is 8.77. The molecule has 10 heteroatoms. The van der Waals surface area contributed by atoms with Crippen molar-refractivity contribution >= 4 is 45.8 Å². The van der Waals surface area contributed by atoms with Gasteiger partial charge >= 0.3 is 0 Å². The van der Waals surface area contributed by atoms with Crippen LogP contribution in [-0.2, 0) is 5.75 Å². The maximum absolute atomic E-state index is 5.83. The molecule has 0 saturated carbocycles. The van der Waals surface area contributed by atoms with Gasteiger partial charge in [0.2, 0.25) is 17.0 Å². The molecule has 0 bridgehead atoms. The molecule has 0 radical (unpaired) electrons. The van der Waals surface area contributed by atoms with Crippen LogP contribution in [-0.4, -0.2) is 31.7 Å². The predicted molar refractivity (Wildman–Crippen MR) is 107 cm³/mol. The van der Waals surface area contributed by atoms with Gasteiger partial charge in [-0.15, -0.1) is 10.2 Å². The number of nitrogens with one attached hydrogen (secondary N) is 2. The standard InChI is InChI=1S/C16H20N8S2/c1-3-8-18-15-23-24-16(26-15)25-9-12-20-13(17)22-14(21-12)19-11-7-5-4-6-10(11)2/h4-7H,3,8-9H2,1-2H3,(H,18,23)(H3,17,19,20,21,22). The number of nitrogens with two attached hydrogens (primary N) is 1. The Balaban J connectivity index is 1.66. The molecule has 0 fully saturated rings. The fourth-order valence-corrected chi connectivity index (χ4v) is 3.72. The molecule has 1 aromatic carbocycles. The number of anilines is 4. The molecule has 0 atom stereocenters. The smallest absolute Gasteiger partial charge is 0.232 e. The first-order valence-electron chi connectivity index (χ1n) is 8.17. The van der Waals surface area contributed by atoms with Crippen LogP contribution in [0.3, 0.4) is 0 Å². The molecule has 0 amide bonds. The molecule has 0 unspecified atom stereocenters. The van der Waals surface area contributed by atoms with Crippen LogP contribution in [0.5, 0.6) is 0 Å². The molecular formula is C16H20N8S2. The lowest BCUT2D eigenvalue weighted by Crippen LogP contribution is -2.07. The Hall–Kier alpha value is -2.46. The van der Waals surface area contributed by atoms with Crippen LogP contribution in [0.4, 0.5) is 22.7 Å². The third-order valence-electron chi connectivity index (χ3n) is 3.35. The SMILES string of the molecule is CCCNc1nnc(SCc2nc(N)nc(Nc3ccccc3C)n2)s1. The number of hydrogen-bond donors (Lipinski definition) is 3. The number of benzene rings is 1. The van der Waals surface area contributed by atoms with Crippen LogP contribution in [0.25, 0.3) is 0 Å². The molecule has 136 valence electrons. The van der Waals surface area contributed by atoms with Crippen molar-refractivity contribution in [1.82, 2.24) is 25.1 Å². The van der Waals surface area contributed by atoms with Crippen LogP contribution in [0, 0.1) is 6.92 Å². The minimum absolute atomic E-state index is 0.189. The van der Waals surface area contributed by atoms with E-state index in [9.17, 15) is 0 Å². The number of thioether (sulfide) groups is 1. The number of para-hydroxylation sites is 1. The van der Waals surface area contributed by atoms with Gasteiger partial charge in [-0.2, -0.15) is 15.0 Å². The fraction of sp³-hybridized carbons (Fsp3) is 0.312. The van der Waals surface area contributed by atoms with Crippen molar-refractivity contribution in [3.8, 4) is 0 Å². The van der Waals surface area contributed by atoms with Crippen molar-refractivity contribution in [1.29, 1.82) is 0 Å². The van der Waals surface area contributed by atoms with E-state index in [4.69, 9.17) is 5.73 Å². The van der Waals surface area contributed by atoms with Crippen molar-refractivity contribution in [3.05, 3.63) is 35.7 Å². The number of nitrogen functional groups attached to an aromatic ring is 1. The summed E-state index contributed by atoms with van der Waals surface area (Å²) in [6.07, 6.45) is 1.04. The summed E-state index contributed by atoms with van der Waals surface area (Å²) in [6.45, 7) is 5.01. The molecule has 0 saturated heterocycles. The lowest BCUT2D eigenvalue weighted by Gasteiger charge is -2.09. The Morgan fingerprint density at radius 2 is 2.00 bits per heavy atom. The minimum atomic E-state index is 0.189. The van der Waals surface area contributed by atoms with Crippen LogP contribution in [0.2, 0.25) is 0 Å². The highest BCUT2D eigenvalue weighted by atomic mass is 32.2. The molecule has 0 aliphatic rings. The van der Waals surface area contributed by atoms with Crippen LogP contribution in [0.1, 0.15) is 24.7 Å². The van der Waals surface area contributed by atoms with Gasteiger partial charge in [-0.25, -0.2) is 0 Å². The van der Waals surface area contributed by atoms with Gasteiger partial charge in [0.1, 0.15) is 5.82 Å². The van der Waals surface area contributed by atoms with Gasteiger partial charge in [0, 0.05) is 12.2 Å². The van der Waals surface area contributed by atoms with Crippen molar-refractivity contribution in [2.75, 3.05) is 22.9 Å². The number of nitrogens with zero attached hydrogens (tertiary/aromatic N) is 5. The molecule has 0 spiro atoms. The highest BCUT2D eigenvalue weighted by Crippen LogP contribution is 2.28.